The molecule has 2 aliphatic carbocycles. The molecule has 4 aliphatic rings. The van der Waals surface area contributed by atoms with Crippen molar-refractivity contribution >= 4 is 52.6 Å². The monoisotopic (exact) mass is 726 g/mol. The van der Waals surface area contributed by atoms with E-state index in [4.69, 9.17) is 23.2 Å². The molecule has 50 heavy (non-hydrogen) atoms. The van der Waals surface area contributed by atoms with Gasteiger partial charge in [-0.2, -0.15) is 18.2 Å². The molecule has 0 radical (unpaired) electrons. The molecule has 2 aromatic carbocycles. The Hall–Kier alpha value is -4.42. The molecule has 1 aromatic heterocycles. The maximum atomic E-state index is 15.1. The third kappa shape index (κ3) is 5.01. The quantitative estimate of drug-likeness (QED) is 0.212. The Bertz CT molecular complexity index is 1990. The largest absolute Gasteiger partial charge is 0.508 e. The molecule has 14 heteroatoms. The van der Waals surface area contributed by atoms with E-state index in [1.807, 2.05) is 13.0 Å². The summed E-state index contributed by atoms with van der Waals surface area (Å²) in [4.78, 5) is 62.3. The number of amides is 4. The number of imide groups is 2. The molecule has 2 saturated heterocycles. The lowest BCUT2D eigenvalue weighted by molar-refractivity contribution is -0.141. The van der Waals surface area contributed by atoms with Gasteiger partial charge in [0.1, 0.15) is 5.75 Å². The highest BCUT2D eigenvalue weighted by Gasteiger charge is 2.70. The lowest BCUT2D eigenvalue weighted by Gasteiger charge is -2.50. The summed E-state index contributed by atoms with van der Waals surface area (Å²) in [7, 11) is 0. The number of nitrogens with zero attached hydrogens (tertiary/aromatic N) is 3. The van der Waals surface area contributed by atoms with Gasteiger partial charge in [0.2, 0.25) is 11.8 Å². The van der Waals surface area contributed by atoms with Gasteiger partial charge in [0.15, 0.2) is 5.82 Å². The Morgan fingerprint density at radius 2 is 1.72 bits per heavy atom. The van der Waals surface area contributed by atoms with Crippen molar-refractivity contribution in [3.05, 3.63) is 98.7 Å². The van der Waals surface area contributed by atoms with E-state index in [0.29, 0.717) is 40.4 Å². The number of hydrogen-bond acceptors (Lipinski definition) is 7. The van der Waals surface area contributed by atoms with Crippen LogP contribution in [0.2, 0.25) is 10.0 Å². The number of rotatable bonds is 6. The fourth-order valence-corrected chi connectivity index (χ4v) is 8.86. The number of halogens is 5. The summed E-state index contributed by atoms with van der Waals surface area (Å²) >= 11 is 12.5. The van der Waals surface area contributed by atoms with Crippen LogP contribution in [0.3, 0.4) is 0 Å². The van der Waals surface area contributed by atoms with Crippen LogP contribution >= 0.6 is 23.2 Å². The third-order valence-electron chi connectivity index (χ3n) is 10.6. The standard InChI is InChI=1S/C36H31Cl2F3N4O5/c1-3-12-44-31(47)23-10-9-22-24(28(23)33(44)49)15-25-32(48)45(43-30-26(38)14-20(16-42-30)36(39,40)41)34(50)35(25,19-5-7-21(37)8-6-19)29(22)18-4-11-27(46)17(2)13-18/h4-9,11,13-14,16,23-25,28-29,46H,3,10,12,15H2,1-2H3,(H,42,43). The van der Waals surface area contributed by atoms with Gasteiger partial charge in [0.25, 0.3) is 11.8 Å². The molecule has 2 N–H and O–H groups in total. The van der Waals surface area contributed by atoms with Gasteiger partial charge in [-0.05, 0) is 73.1 Å². The first-order chi connectivity index (χ1) is 23.7. The summed E-state index contributed by atoms with van der Waals surface area (Å²) in [5, 5.41) is 11.2. The van der Waals surface area contributed by atoms with E-state index in [-0.39, 0.29) is 42.8 Å². The molecule has 3 aromatic rings. The number of aryl methyl sites for hydroxylation is 1. The maximum absolute atomic E-state index is 15.1. The molecular formula is C36H31Cl2F3N4O5. The van der Waals surface area contributed by atoms with Crippen LogP contribution in [0.5, 0.6) is 5.75 Å². The number of phenols is 1. The van der Waals surface area contributed by atoms with Gasteiger partial charge < -0.3 is 5.11 Å². The number of carbonyl (C=O) groups is 4. The average Bonchev–Trinajstić information content (AvgIpc) is 3.44. The first kappa shape index (κ1) is 34.0. The zero-order valence-electron chi connectivity index (χ0n) is 26.8. The fourth-order valence-electron chi connectivity index (χ4n) is 8.53. The minimum absolute atomic E-state index is 0.0165. The molecule has 6 atom stereocenters. The van der Waals surface area contributed by atoms with Crippen molar-refractivity contribution in [3.8, 4) is 5.75 Å². The zero-order valence-corrected chi connectivity index (χ0v) is 28.3. The number of carbonyl (C=O) groups excluding carboxylic acids is 4. The van der Waals surface area contributed by atoms with Gasteiger partial charge >= 0.3 is 6.18 Å². The van der Waals surface area contributed by atoms with Crippen LogP contribution in [0.4, 0.5) is 19.0 Å². The van der Waals surface area contributed by atoms with Gasteiger partial charge in [-0.3, -0.25) is 29.5 Å². The van der Waals surface area contributed by atoms with Gasteiger partial charge in [-0.1, -0.05) is 66.0 Å². The molecule has 260 valence electrons. The van der Waals surface area contributed by atoms with E-state index in [1.54, 1.807) is 43.3 Å². The third-order valence-corrected chi connectivity index (χ3v) is 11.2. The Labute approximate surface area is 295 Å². The minimum atomic E-state index is -4.73. The summed E-state index contributed by atoms with van der Waals surface area (Å²) in [5.74, 6) is -6.27. The Morgan fingerprint density at radius 1 is 1.00 bits per heavy atom. The average molecular weight is 728 g/mol. The highest BCUT2D eigenvalue weighted by Crippen LogP contribution is 2.64. The van der Waals surface area contributed by atoms with Crippen LogP contribution in [0, 0.1) is 30.6 Å². The van der Waals surface area contributed by atoms with Gasteiger partial charge in [-0.25, -0.2) is 4.98 Å². The van der Waals surface area contributed by atoms with Crippen molar-refractivity contribution in [2.75, 3.05) is 12.0 Å². The number of pyridine rings is 1. The minimum Gasteiger partial charge on any atom is -0.508 e. The fraction of sp³-hybridized carbons (Fsp3) is 0.361. The second kappa shape index (κ2) is 12.1. The topological polar surface area (TPSA) is 120 Å². The summed E-state index contributed by atoms with van der Waals surface area (Å²) in [6.45, 7) is 3.84. The van der Waals surface area contributed by atoms with E-state index < -0.39 is 63.6 Å². The molecule has 0 spiro atoms. The number of anilines is 1. The molecule has 3 heterocycles. The number of fused-ring (bicyclic) bond motifs is 4. The first-order valence-corrected chi connectivity index (χ1v) is 16.9. The van der Waals surface area contributed by atoms with Gasteiger partial charge in [-0.15, -0.1) is 0 Å². The van der Waals surface area contributed by atoms with Crippen LogP contribution in [-0.2, 0) is 30.8 Å². The number of hydrazine groups is 1. The lowest BCUT2D eigenvalue weighted by atomic mass is 9.49. The Kier molecular flexibility index (Phi) is 8.25. The molecule has 7 rings (SSSR count). The molecule has 9 nitrogen and oxygen atoms in total. The second-order valence-corrected chi connectivity index (χ2v) is 14.1. The molecule has 3 fully saturated rings. The molecule has 0 bridgehead atoms. The summed E-state index contributed by atoms with van der Waals surface area (Å²) in [6, 6.07) is 12.1. The van der Waals surface area contributed by atoms with E-state index in [2.05, 4.69) is 10.4 Å². The van der Waals surface area contributed by atoms with Crippen LogP contribution in [0.1, 0.15) is 54.4 Å². The number of phenolic OH excluding ortho intramolecular Hbond substituents is 1. The Balaban J connectivity index is 1.43. The molecule has 1 saturated carbocycles. The molecule has 4 amide bonds. The van der Waals surface area contributed by atoms with Crippen LogP contribution in [-0.4, -0.2) is 50.2 Å². The summed E-state index contributed by atoms with van der Waals surface area (Å²) in [6.07, 6.45) is -1.41. The highest BCUT2D eigenvalue weighted by atomic mass is 35.5. The number of nitrogens with one attached hydrogen (secondary N) is 1. The van der Waals surface area contributed by atoms with Crippen molar-refractivity contribution in [1.82, 2.24) is 14.9 Å². The van der Waals surface area contributed by atoms with Crippen LogP contribution in [0.25, 0.3) is 0 Å². The molecule has 2 aliphatic heterocycles. The molecule has 6 unspecified atom stereocenters. The normalized spacial score (nSPS) is 27.7. The van der Waals surface area contributed by atoms with E-state index in [9.17, 15) is 32.7 Å². The number of aromatic nitrogens is 1. The van der Waals surface area contributed by atoms with Crippen molar-refractivity contribution in [2.24, 2.45) is 23.7 Å². The van der Waals surface area contributed by atoms with Crippen molar-refractivity contribution in [2.45, 2.75) is 50.6 Å². The molecular weight excluding hydrogens is 696 g/mol. The van der Waals surface area contributed by atoms with Crippen molar-refractivity contribution < 1.29 is 37.5 Å². The second-order valence-electron chi connectivity index (χ2n) is 13.3. The lowest BCUT2D eigenvalue weighted by Crippen LogP contribution is -2.53. The summed E-state index contributed by atoms with van der Waals surface area (Å²) < 4.78 is 40.2. The maximum Gasteiger partial charge on any atom is 0.417 e. The van der Waals surface area contributed by atoms with Gasteiger partial charge in [0.05, 0.1) is 33.8 Å². The van der Waals surface area contributed by atoms with Gasteiger partial charge in [0, 0.05) is 23.7 Å². The number of hydrogen-bond donors (Lipinski definition) is 2. The van der Waals surface area contributed by atoms with Crippen molar-refractivity contribution in [3.63, 3.8) is 0 Å². The number of likely N-dealkylation sites (tertiary alicyclic amines) is 1. The number of alkyl halides is 3. The van der Waals surface area contributed by atoms with Crippen LogP contribution in [0.15, 0.2) is 66.4 Å². The number of aromatic hydroxyl groups is 1. The highest BCUT2D eigenvalue weighted by molar-refractivity contribution is 6.33. The van der Waals surface area contributed by atoms with Crippen LogP contribution < -0.4 is 5.43 Å². The van der Waals surface area contributed by atoms with E-state index in [1.165, 1.54) is 11.0 Å². The predicted octanol–water partition coefficient (Wildman–Crippen LogP) is 6.82. The number of benzene rings is 2. The predicted molar refractivity (Wildman–Crippen MR) is 177 cm³/mol. The van der Waals surface area contributed by atoms with E-state index in [0.717, 1.165) is 10.6 Å². The van der Waals surface area contributed by atoms with E-state index >= 15 is 4.79 Å². The summed E-state index contributed by atoms with van der Waals surface area (Å²) in [5.41, 5.74) is 2.12. The Morgan fingerprint density at radius 3 is 2.36 bits per heavy atom. The first-order valence-electron chi connectivity index (χ1n) is 16.2. The SMILES string of the molecule is CCCN1C(=O)C2CC=C3C(CC4C(=O)N(Nc5ncc(C(F)(F)F)cc5Cl)C(=O)C4(c4ccc(Cl)cc4)C3c3ccc(O)c(C)c3)C2C1=O. The number of allylic oxidation sites excluding steroid dienone is 2. The van der Waals surface area contributed by atoms with Crippen molar-refractivity contribution in [1.29, 1.82) is 0 Å². The smallest absolute Gasteiger partial charge is 0.417 e. The zero-order chi connectivity index (χ0) is 35.9.